The minimum atomic E-state index is -0.392. The maximum absolute atomic E-state index is 12.4. The molecule has 1 saturated carbocycles. The lowest BCUT2D eigenvalue weighted by molar-refractivity contribution is 0.0262. The molecule has 1 aromatic rings. The molecule has 0 spiro atoms. The molecule has 1 N–H and O–H groups in total. The summed E-state index contributed by atoms with van der Waals surface area (Å²) in [7, 11) is 3.63. The fourth-order valence-electron chi connectivity index (χ4n) is 2.61. The van der Waals surface area contributed by atoms with Gasteiger partial charge in [0.25, 0.3) is 5.91 Å². The highest BCUT2D eigenvalue weighted by molar-refractivity contribution is 9.10. The van der Waals surface area contributed by atoms with Gasteiger partial charge in [-0.25, -0.2) is 0 Å². The SMILES string of the molecule is CN(C(=O)c1cc(Br)cn1C)C1CCCCC1O. The second-order valence-electron chi connectivity index (χ2n) is 4.99. The number of halogens is 1. The molecule has 0 aliphatic heterocycles. The zero-order valence-corrected chi connectivity index (χ0v) is 12.4. The van der Waals surface area contributed by atoms with Gasteiger partial charge in [-0.15, -0.1) is 0 Å². The van der Waals surface area contributed by atoms with E-state index < -0.39 is 6.10 Å². The number of aliphatic hydroxyl groups excluding tert-OH is 1. The van der Waals surface area contributed by atoms with Crippen molar-refractivity contribution in [3.63, 3.8) is 0 Å². The Labute approximate surface area is 116 Å². The van der Waals surface area contributed by atoms with Crippen LogP contribution in [-0.4, -0.2) is 39.7 Å². The van der Waals surface area contributed by atoms with Gasteiger partial charge < -0.3 is 14.6 Å². The summed E-state index contributed by atoms with van der Waals surface area (Å²) in [6, 6.07) is 1.76. The fourth-order valence-corrected chi connectivity index (χ4v) is 3.14. The van der Waals surface area contributed by atoms with Gasteiger partial charge in [-0.2, -0.15) is 0 Å². The molecule has 1 aromatic heterocycles. The van der Waals surface area contributed by atoms with E-state index in [0.717, 1.165) is 30.2 Å². The van der Waals surface area contributed by atoms with Crippen molar-refractivity contribution in [1.29, 1.82) is 0 Å². The normalized spacial score (nSPS) is 24.0. The second-order valence-corrected chi connectivity index (χ2v) is 5.91. The Morgan fingerprint density at radius 2 is 2.17 bits per heavy atom. The Morgan fingerprint density at radius 3 is 2.72 bits per heavy atom. The minimum absolute atomic E-state index is 0.0332. The lowest BCUT2D eigenvalue weighted by Crippen LogP contribution is -2.46. The molecule has 1 aliphatic rings. The Bertz CT molecular complexity index is 444. The van der Waals surface area contributed by atoms with Gasteiger partial charge in [-0.3, -0.25) is 4.79 Å². The van der Waals surface area contributed by atoms with Crippen LogP contribution in [0, 0.1) is 0 Å². The third-order valence-corrected chi connectivity index (χ3v) is 4.14. The maximum Gasteiger partial charge on any atom is 0.270 e. The van der Waals surface area contributed by atoms with Crippen LogP contribution in [0.15, 0.2) is 16.7 Å². The van der Waals surface area contributed by atoms with Crippen molar-refractivity contribution in [3.8, 4) is 0 Å². The summed E-state index contributed by atoms with van der Waals surface area (Å²) in [4.78, 5) is 14.1. The summed E-state index contributed by atoms with van der Waals surface area (Å²) in [6.45, 7) is 0. The molecular weight excluding hydrogens is 296 g/mol. The zero-order valence-electron chi connectivity index (χ0n) is 10.8. The number of hydrogen-bond acceptors (Lipinski definition) is 2. The van der Waals surface area contributed by atoms with Crippen molar-refractivity contribution in [1.82, 2.24) is 9.47 Å². The Balaban J connectivity index is 2.15. The monoisotopic (exact) mass is 314 g/mol. The highest BCUT2D eigenvalue weighted by Gasteiger charge is 2.30. The Morgan fingerprint density at radius 1 is 1.50 bits per heavy atom. The number of carbonyl (C=O) groups is 1. The average Bonchev–Trinajstić information content (AvgIpc) is 2.67. The summed E-state index contributed by atoms with van der Waals surface area (Å²) in [5, 5.41) is 10.00. The number of rotatable bonds is 2. The van der Waals surface area contributed by atoms with Crippen molar-refractivity contribution in [3.05, 3.63) is 22.4 Å². The lowest BCUT2D eigenvalue weighted by atomic mass is 9.91. The van der Waals surface area contributed by atoms with Gasteiger partial charge in [-0.05, 0) is 34.8 Å². The number of likely N-dealkylation sites (N-methyl/N-ethyl adjacent to an activating group) is 1. The molecule has 18 heavy (non-hydrogen) atoms. The second kappa shape index (κ2) is 5.45. The topological polar surface area (TPSA) is 45.5 Å². The van der Waals surface area contributed by atoms with Crippen molar-refractivity contribution < 1.29 is 9.90 Å². The van der Waals surface area contributed by atoms with Crippen molar-refractivity contribution >= 4 is 21.8 Å². The maximum atomic E-state index is 12.4. The molecule has 1 amide bonds. The summed E-state index contributed by atoms with van der Waals surface area (Å²) < 4.78 is 2.70. The largest absolute Gasteiger partial charge is 0.391 e. The number of carbonyl (C=O) groups excluding carboxylic acids is 1. The van der Waals surface area contributed by atoms with E-state index in [4.69, 9.17) is 0 Å². The van der Waals surface area contributed by atoms with Crippen LogP contribution in [0.5, 0.6) is 0 Å². The van der Waals surface area contributed by atoms with Gasteiger partial charge in [0, 0.05) is 24.8 Å². The molecular formula is C13H19BrN2O2. The molecule has 1 aliphatic carbocycles. The highest BCUT2D eigenvalue weighted by Crippen LogP contribution is 2.24. The minimum Gasteiger partial charge on any atom is -0.391 e. The molecule has 1 fully saturated rings. The van der Waals surface area contributed by atoms with Gasteiger partial charge in [0.2, 0.25) is 0 Å². The predicted octanol–water partition coefficient (Wildman–Crippen LogP) is 2.16. The third-order valence-electron chi connectivity index (χ3n) is 3.70. The molecule has 5 heteroatoms. The quantitative estimate of drug-likeness (QED) is 0.909. The Hall–Kier alpha value is -0.810. The number of amides is 1. The summed E-state index contributed by atoms with van der Waals surface area (Å²) in [6.07, 6.45) is 5.27. The molecule has 4 nitrogen and oxygen atoms in total. The average molecular weight is 315 g/mol. The molecule has 0 saturated heterocycles. The van der Waals surface area contributed by atoms with Gasteiger partial charge in [0.05, 0.1) is 12.1 Å². The van der Waals surface area contributed by atoms with Crippen molar-refractivity contribution in [2.45, 2.75) is 37.8 Å². The molecule has 2 atom stereocenters. The van der Waals surface area contributed by atoms with Crippen LogP contribution in [0.4, 0.5) is 0 Å². The van der Waals surface area contributed by atoms with E-state index in [1.54, 1.807) is 16.5 Å². The number of hydrogen-bond donors (Lipinski definition) is 1. The van der Waals surface area contributed by atoms with Crippen LogP contribution in [0.25, 0.3) is 0 Å². The van der Waals surface area contributed by atoms with Gasteiger partial charge in [-0.1, -0.05) is 12.8 Å². The van der Waals surface area contributed by atoms with Crippen LogP contribution in [0.1, 0.15) is 36.2 Å². The highest BCUT2D eigenvalue weighted by atomic mass is 79.9. The number of aromatic nitrogens is 1. The summed E-state index contributed by atoms with van der Waals surface area (Å²) in [5.41, 5.74) is 0.641. The summed E-state index contributed by atoms with van der Waals surface area (Å²) >= 11 is 3.37. The third kappa shape index (κ3) is 2.62. The first-order chi connectivity index (χ1) is 8.50. The van der Waals surface area contributed by atoms with Gasteiger partial charge >= 0.3 is 0 Å². The van der Waals surface area contributed by atoms with E-state index in [9.17, 15) is 9.90 Å². The van der Waals surface area contributed by atoms with Crippen LogP contribution in [0.2, 0.25) is 0 Å². The molecule has 0 aromatic carbocycles. The smallest absolute Gasteiger partial charge is 0.270 e. The predicted molar refractivity (Wildman–Crippen MR) is 73.5 cm³/mol. The number of aliphatic hydroxyl groups is 1. The standard InChI is InChI=1S/C13H19BrN2O2/c1-15-8-9(14)7-11(15)13(18)16(2)10-5-3-4-6-12(10)17/h7-8,10,12,17H,3-6H2,1-2H3. The number of nitrogens with zero attached hydrogens (tertiary/aromatic N) is 2. The van der Waals surface area contributed by atoms with Crippen LogP contribution >= 0.6 is 15.9 Å². The zero-order chi connectivity index (χ0) is 13.3. The summed E-state index contributed by atoms with van der Waals surface area (Å²) in [5.74, 6) is -0.0332. The fraction of sp³-hybridized carbons (Fsp3) is 0.615. The molecule has 0 bridgehead atoms. The van der Waals surface area contributed by atoms with E-state index in [1.807, 2.05) is 19.3 Å². The Kier molecular flexibility index (Phi) is 4.12. The van der Waals surface area contributed by atoms with E-state index in [1.165, 1.54) is 0 Å². The first kappa shape index (κ1) is 13.6. The van der Waals surface area contributed by atoms with Gasteiger partial charge in [0.15, 0.2) is 0 Å². The molecule has 2 rings (SSSR count). The molecule has 2 unspecified atom stereocenters. The van der Waals surface area contributed by atoms with Crippen LogP contribution < -0.4 is 0 Å². The lowest BCUT2D eigenvalue weighted by Gasteiger charge is -2.35. The van der Waals surface area contributed by atoms with E-state index in [2.05, 4.69) is 15.9 Å². The first-order valence-electron chi connectivity index (χ1n) is 6.28. The molecule has 1 heterocycles. The van der Waals surface area contributed by atoms with Gasteiger partial charge in [0.1, 0.15) is 5.69 Å². The first-order valence-corrected chi connectivity index (χ1v) is 7.07. The van der Waals surface area contributed by atoms with Crippen molar-refractivity contribution in [2.75, 3.05) is 7.05 Å². The van der Waals surface area contributed by atoms with Crippen molar-refractivity contribution in [2.24, 2.45) is 7.05 Å². The van der Waals surface area contributed by atoms with E-state index >= 15 is 0 Å². The van der Waals surface area contributed by atoms with Crippen LogP contribution in [-0.2, 0) is 7.05 Å². The van der Waals surface area contributed by atoms with E-state index in [0.29, 0.717) is 5.69 Å². The van der Waals surface area contributed by atoms with Crippen LogP contribution in [0.3, 0.4) is 0 Å². The molecule has 0 radical (unpaired) electrons. The van der Waals surface area contributed by atoms with E-state index in [-0.39, 0.29) is 11.9 Å². The molecule has 100 valence electrons. The number of aryl methyl sites for hydroxylation is 1.